The highest BCUT2D eigenvalue weighted by Crippen LogP contribution is 2.23. The number of hydrogen-bond donors (Lipinski definition) is 0. The number of sulfone groups is 1. The SMILES string of the molecule is CS(=O)(=O)c1ccc(N2CC(CF)OC2=O)cc1. The Kier molecular flexibility index (Phi) is 3.25. The maximum Gasteiger partial charge on any atom is 0.414 e. The van der Waals surface area contributed by atoms with Crippen molar-refractivity contribution in [3.8, 4) is 0 Å². The molecule has 1 aliphatic rings. The Bertz CT molecular complexity index is 555. The van der Waals surface area contributed by atoms with E-state index >= 15 is 0 Å². The molecule has 0 saturated carbocycles. The summed E-state index contributed by atoms with van der Waals surface area (Å²) in [6, 6.07) is 5.80. The van der Waals surface area contributed by atoms with Gasteiger partial charge in [-0.15, -0.1) is 0 Å². The zero-order valence-electron chi connectivity index (χ0n) is 9.67. The summed E-state index contributed by atoms with van der Waals surface area (Å²) in [5.74, 6) is 0. The average molecular weight is 273 g/mol. The average Bonchev–Trinajstić information content (AvgIpc) is 2.70. The molecule has 1 fully saturated rings. The molecule has 0 spiro atoms. The number of alkyl halides is 1. The van der Waals surface area contributed by atoms with Crippen LogP contribution in [0.2, 0.25) is 0 Å². The number of benzene rings is 1. The summed E-state index contributed by atoms with van der Waals surface area (Å²) in [5, 5.41) is 0. The van der Waals surface area contributed by atoms with E-state index in [2.05, 4.69) is 0 Å². The van der Waals surface area contributed by atoms with E-state index in [0.29, 0.717) is 5.69 Å². The highest BCUT2D eigenvalue weighted by Gasteiger charge is 2.32. The fourth-order valence-electron chi connectivity index (χ4n) is 1.69. The number of carbonyl (C=O) groups excluding carboxylic acids is 1. The molecule has 1 aliphatic heterocycles. The summed E-state index contributed by atoms with van der Waals surface area (Å²) in [4.78, 5) is 12.9. The van der Waals surface area contributed by atoms with Gasteiger partial charge in [-0.2, -0.15) is 0 Å². The Morgan fingerprint density at radius 1 is 1.39 bits per heavy atom. The molecule has 18 heavy (non-hydrogen) atoms. The van der Waals surface area contributed by atoms with E-state index < -0.39 is 28.7 Å². The fraction of sp³-hybridized carbons (Fsp3) is 0.364. The van der Waals surface area contributed by atoms with Gasteiger partial charge >= 0.3 is 6.09 Å². The lowest BCUT2D eigenvalue weighted by Crippen LogP contribution is -2.24. The highest BCUT2D eigenvalue weighted by molar-refractivity contribution is 7.90. The largest absolute Gasteiger partial charge is 0.441 e. The van der Waals surface area contributed by atoms with Gasteiger partial charge in [-0.3, -0.25) is 4.90 Å². The van der Waals surface area contributed by atoms with Gasteiger partial charge in [-0.05, 0) is 24.3 Å². The molecule has 1 unspecified atom stereocenters. The van der Waals surface area contributed by atoms with Crippen molar-refractivity contribution in [1.29, 1.82) is 0 Å². The minimum Gasteiger partial charge on any atom is -0.441 e. The van der Waals surface area contributed by atoms with Crippen molar-refractivity contribution in [2.75, 3.05) is 24.4 Å². The number of nitrogens with zero attached hydrogens (tertiary/aromatic N) is 1. The maximum absolute atomic E-state index is 12.4. The van der Waals surface area contributed by atoms with E-state index in [9.17, 15) is 17.6 Å². The molecule has 0 aliphatic carbocycles. The van der Waals surface area contributed by atoms with E-state index in [-0.39, 0.29) is 11.4 Å². The number of anilines is 1. The Morgan fingerprint density at radius 3 is 2.44 bits per heavy atom. The minimum atomic E-state index is -3.27. The molecular formula is C11H12FNO4S. The van der Waals surface area contributed by atoms with E-state index in [4.69, 9.17) is 4.74 Å². The van der Waals surface area contributed by atoms with Crippen LogP contribution in [0.15, 0.2) is 29.2 Å². The van der Waals surface area contributed by atoms with Crippen LogP contribution in [-0.2, 0) is 14.6 Å². The zero-order valence-corrected chi connectivity index (χ0v) is 10.5. The first-order valence-corrected chi connectivity index (χ1v) is 7.15. The minimum absolute atomic E-state index is 0.132. The van der Waals surface area contributed by atoms with Gasteiger partial charge in [0.05, 0.1) is 11.4 Å². The highest BCUT2D eigenvalue weighted by atomic mass is 32.2. The number of amides is 1. The summed E-state index contributed by atoms with van der Waals surface area (Å²) in [6.07, 6.45) is -0.275. The van der Waals surface area contributed by atoms with Gasteiger partial charge in [-0.1, -0.05) is 0 Å². The first-order valence-electron chi connectivity index (χ1n) is 5.26. The summed E-state index contributed by atoms with van der Waals surface area (Å²) in [5.41, 5.74) is 0.489. The third-order valence-electron chi connectivity index (χ3n) is 2.62. The second-order valence-corrected chi connectivity index (χ2v) is 6.05. The monoisotopic (exact) mass is 273 g/mol. The van der Waals surface area contributed by atoms with Gasteiger partial charge in [0.1, 0.15) is 12.8 Å². The van der Waals surface area contributed by atoms with Crippen molar-refractivity contribution < 1.29 is 22.3 Å². The number of ether oxygens (including phenoxy) is 1. The Balaban J connectivity index is 2.23. The van der Waals surface area contributed by atoms with Crippen LogP contribution < -0.4 is 4.90 Å². The van der Waals surface area contributed by atoms with Gasteiger partial charge in [0.2, 0.25) is 0 Å². The van der Waals surface area contributed by atoms with Crippen LogP contribution in [0.25, 0.3) is 0 Å². The quantitative estimate of drug-likeness (QED) is 0.834. The second kappa shape index (κ2) is 4.56. The van der Waals surface area contributed by atoms with Crippen LogP contribution in [0, 0.1) is 0 Å². The molecule has 2 rings (SSSR count). The van der Waals surface area contributed by atoms with Gasteiger partial charge in [0.25, 0.3) is 0 Å². The third kappa shape index (κ3) is 2.45. The van der Waals surface area contributed by atoms with Crippen molar-refractivity contribution >= 4 is 21.6 Å². The van der Waals surface area contributed by atoms with E-state index in [1.807, 2.05) is 0 Å². The lowest BCUT2D eigenvalue weighted by atomic mass is 10.3. The Hall–Kier alpha value is -1.63. The van der Waals surface area contributed by atoms with Gasteiger partial charge in [-0.25, -0.2) is 17.6 Å². The predicted molar refractivity (Wildman–Crippen MR) is 63.1 cm³/mol. The molecule has 0 radical (unpaired) electrons. The maximum atomic E-state index is 12.4. The van der Waals surface area contributed by atoms with Crippen LogP contribution in [0.1, 0.15) is 0 Å². The van der Waals surface area contributed by atoms with E-state index in [1.165, 1.54) is 29.2 Å². The molecule has 1 saturated heterocycles. The molecule has 1 heterocycles. The standard InChI is InChI=1S/C11H12FNO4S/c1-18(15,16)10-4-2-8(3-5-10)13-7-9(6-12)17-11(13)14/h2-5,9H,6-7H2,1H3. The number of hydrogen-bond acceptors (Lipinski definition) is 4. The summed E-state index contributed by atoms with van der Waals surface area (Å²) in [7, 11) is -3.27. The van der Waals surface area contributed by atoms with Crippen molar-refractivity contribution in [2.24, 2.45) is 0 Å². The van der Waals surface area contributed by atoms with Crippen LogP contribution >= 0.6 is 0 Å². The number of halogens is 1. The first kappa shape index (κ1) is 12.8. The predicted octanol–water partition coefficient (Wildman–Crippen LogP) is 1.38. The lowest BCUT2D eigenvalue weighted by Gasteiger charge is -2.12. The van der Waals surface area contributed by atoms with Crippen LogP contribution in [-0.4, -0.2) is 40.1 Å². The topological polar surface area (TPSA) is 63.7 Å². The van der Waals surface area contributed by atoms with Gasteiger partial charge < -0.3 is 4.74 Å². The van der Waals surface area contributed by atoms with Gasteiger partial charge in [0, 0.05) is 11.9 Å². The van der Waals surface area contributed by atoms with Crippen molar-refractivity contribution in [3.05, 3.63) is 24.3 Å². The first-order chi connectivity index (χ1) is 8.41. The number of rotatable bonds is 3. The summed E-state index contributed by atoms with van der Waals surface area (Å²) < 4.78 is 39.7. The molecule has 0 bridgehead atoms. The van der Waals surface area contributed by atoms with Crippen LogP contribution in [0.5, 0.6) is 0 Å². The number of cyclic esters (lactones) is 1. The molecule has 1 aromatic carbocycles. The Morgan fingerprint density at radius 2 is 2.00 bits per heavy atom. The molecule has 1 atom stereocenters. The molecule has 5 nitrogen and oxygen atoms in total. The molecule has 0 N–H and O–H groups in total. The van der Waals surface area contributed by atoms with Crippen LogP contribution in [0.4, 0.5) is 14.9 Å². The van der Waals surface area contributed by atoms with Gasteiger partial charge in [0.15, 0.2) is 9.84 Å². The molecular weight excluding hydrogens is 261 g/mol. The van der Waals surface area contributed by atoms with E-state index in [0.717, 1.165) is 6.26 Å². The number of carbonyl (C=O) groups is 1. The molecule has 1 aromatic rings. The van der Waals surface area contributed by atoms with Crippen molar-refractivity contribution in [3.63, 3.8) is 0 Å². The summed E-state index contributed by atoms with van der Waals surface area (Å²) >= 11 is 0. The molecule has 98 valence electrons. The van der Waals surface area contributed by atoms with Crippen molar-refractivity contribution in [1.82, 2.24) is 0 Å². The lowest BCUT2D eigenvalue weighted by molar-refractivity contribution is 0.124. The Labute approximate surface area is 104 Å². The summed E-state index contributed by atoms with van der Waals surface area (Å²) in [6.45, 7) is -0.600. The zero-order chi connectivity index (χ0) is 13.3. The smallest absolute Gasteiger partial charge is 0.414 e. The van der Waals surface area contributed by atoms with Crippen LogP contribution in [0.3, 0.4) is 0 Å². The van der Waals surface area contributed by atoms with E-state index in [1.54, 1.807) is 0 Å². The molecule has 7 heteroatoms. The molecule has 1 amide bonds. The second-order valence-electron chi connectivity index (χ2n) is 4.04. The fourth-order valence-corrected chi connectivity index (χ4v) is 2.32. The normalized spacial score (nSPS) is 20.0. The van der Waals surface area contributed by atoms with Crippen molar-refractivity contribution in [2.45, 2.75) is 11.0 Å². The molecule has 0 aromatic heterocycles. The third-order valence-corrected chi connectivity index (χ3v) is 3.75.